The van der Waals surface area contributed by atoms with Crippen LogP contribution in [0.15, 0.2) is 244 Å². The Bertz CT molecular complexity index is 4730. The topological polar surface area (TPSA) is 157 Å². The Balaban J connectivity index is 0.000000279. The molecule has 0 atom stereocenters. The molecular weight excluding hydrogens is 1320 g/mol. The monoisotopic (exact) mass is 1420 g/mol. The van der Waals surface area contributed by atoms with Gasteiger partial charge in [0.2, 0.25) is 0 Å². The molecule has 0 aliphatic heterocycles. The van der Waals surface area contributed by atoms with Crippen molar-refractivity contribution in [3.05, 3.63) is 313 Å². The standard InChI is InChI=1S/C42H48N2O6S2.C41H44N2O3S.2CH4/c1-8-43(28-33-12-10-14-38(26-33)51(45,46)49-6)36-20-22-40(31(4)24-36)42(35-18-16-30(3)17-19-35)41-23-21-37(25-32(41)5)44(9-2)29-34-13-11-15-39(27-34)52(47,48)50-7;1-7-42(27-33-12-9-11-30(4)23-33)36-19-21-39(31(5)24-36)41(35-17-15-29(3)16-18-35)40-22-20-37(25-32(40)6)43(8-2)28-34-13-10-14-38(26-34)47(44,45)46;;/h10-27,42H,8-9,28-29H2,1-7H3;9-26H,7-8,27-28H2,1-6H3;2*1H4. The van der Waals surface area contributed by atoms with E-state index in [0.717, 1.165) is 94.3 Å². The molecule has 0 heterocycles. The van der Waals surface area contributed by atoms with Crippen molar-refractivity contribution in [1.82, 2.24) is 0 Å². The average Bonchev–Trinajstić information content (AvgIpc) is 0.781. The van der Waals surface area contributed by atoms with Crippen molar-refractivity contribution >= 4 is 58.7 Å². The van der Waals surface area contributed by atoms with E-state index in [-0.39, 0.29) is 35.5 Å². The van der Waals surface area contributed by atoms with Crippen molar-refractivity contribution in [2.75, 3.05) is 55.1 Å². The number of anilines is 3. The minimum Gasteiger partial charge on any atom is -0.744 e. The van der Waals surface area contributed by atoms with Crippen LogP contribution in [0.5, 0.6) is 0 Å². The molecule has 9 aromatic carbocycles. The van der Waals surface area contributed by atoms with Gasteiger partial charge >= 0.3 is 0 Å². The van der Waals surface area contributed by atoms with Crippen molar-refractivity contribution in [3.8, 4) is 0 Å². The second-order valence-electron chi connectivity index (χ2n) is 25.3. The van der Waals surface area contributed by atoms with Crippen LogP contribution in [0, 0.1) is 41.5 Å². The molecule has 10 rings (SSSR count). The van der Waals surface area contributed by atoms with Crippen LogP contribution in [0.1, 0.15) is 139 Å². The van der Waals surface area contributed by atoms with Crippen molar-refractivity contribution in [2.24, 2.45) is 0 Å². The van der Waals surface area contributed by atoms with E-state index in [2.05, 4.69) is 241 Å². The Morgan fingerprint density at radius 1 is 0.455 bits per heavy atom. The number of benzene rings is 9. The fourth-order valence-electron chi connectivity index (χ4n) is 12.9. The maximum absolute atomic E-state index is 12.3. The van der Waals surface area contributed by atoms with Gasteiger partial charge in [0.15, 0.2) is 12.3 Å². The summed E-state index contributed by atoms with van der Waals surface area (Å²) >= 11 is 0. The van der Waals surface area contributed by atoms with Crippen LogP contribution in [0.3, 0.4) is 0 Å². The van der Waals surface area contributed by atoms with Gasteiger partial charge in [0, 0.05) is 80.0 Å². The quantitative estimate of drug-likeness (QED) is 0.0231. The van der Waals surface area contributed by atoms with Crippen LogP contribution in [-0.2, 0) is 64.9 Å². The van der Waals surface area contributed by atoms with E-state index in [0.29, 0.717) is 19.6 Å². The third kappa shape index (κ3) is 19.8. The molecule has 9 aromatic rings. The van der Waals surface area contributed by atoms with Crippen LogP contribution in [0.4, 0.5) is 17.1 Å². The molecule has 0 radical (unpaired) electrons. The van der Waals surface area contributed by atoms with Crippen LogP contribution < -0.4 is 14.7 Å². The summed E-state index contributed by atoms with van der Waals surface area (Å²) in [5.74, 6) is -0.0132. The van der Waals surface area contributed by atoms with Gasteiger partial charge in [-0.3, -0.25) is 8.37 Å². The smallest absolute Gasteiger partial charge is 0.296 e. The van der Waals surface area contributed by atoms with E-state index in [1.165, 1.54) is 87.7 Å². The SMILES string of the molecule is C.C.CCN(Cc1cccc(S(=O)(=O)OC)c1)c1ccc(C(c2ccc(C)cc2)c2ccc(N(CC)Cc3cccc(S(=O)(=O)OC)c3)cc2C)c(C)c1.CCN(Cc1cccc(S(=O)(=O)[O-])c1)c1ccc(C(=C2C=CC(=[N+](CC)Cc3cccc(C)c3)C=C2C)c2ccc(C)cc2)c(C)c1. The largest absolute Gasteiger partial charge is 0.744 e. The van der Waals surface area contributed by atoms with Crippen LogP contribution in [0.25, 0.3) is 5.57 Å². The van der Waals surface area contributed by atoms with E-state index < -0.39 is 30.4 Å². The van der Waals surface area contributed by atoms with Gasteiger partial charge in [-0.25, -0.2) is 13.0 Å². The van der Waals surface area contributed by atoms with Crippen LogP contribution in [0.2, 0.25) is 0 Å². The molecule has 0 aromatic heterocycles. The van der Waals surface area contributed by atoms with Gasteiger partial charge in [-0.1, -0.05) is 153 Å². The zero-order valence-corrected chi connectivity index (χ0v) is 61.7. The van der Waals surface area contributed by atoms with Crippen molar-refractivity contribution in [3.63, 3.8) is 0 Å². The van der Waals surface area contributed by atoms with Crippen LogP contribution >= 0.6 is 0 Å². The van der Waals surface area contributed by atoms with Gasteiger partial charge < -0.3 is 19.3 Å². The molecule has 1 aliphatic carbocycles. The van der Waals surface area contributed by atoms with Crippen molar-refractivity contribution < 1.29 is 42.7 Å². The van der Waals surface area contributed by atoms with E-state index in [1.807, 2.05) is 18.2 Å². The van der Waals surface area contributed by atoms with Crippen LogP contribution in [-0.4, -0.2) is 80.5 Å². The number of aryl methyl sites for hydroxylation is 6. The molecule has 0 bridgehead atoms. The summed E-state index contributed by atoms with van der Waals surface area (Å²) in [5.41, 5.74) is 24.9. The third-order valence-electron chi connectivity index (χ3n) is 18.4. The molecule has 532 valence electrons. The molecule has 0 saturated heterocycles. The molecule has 101 heavy (non-hydrogen) atoms. The maximum atomic E-state index is 12.3. The average molecular weight is 1420 g/mol. The first kappa shape index (κ1) is 79.3. The lowest BCUT2D eigenvalue weighted by molar-refractivity contribution is -0.539. The highest BCUT2D eigenvalue weighted by atomic mass is 32.2. The van der Waals surface area contributed by atoms with E-state index in [1.54, 1.807) is 42.5 Å². The van der Waals surface area contributed by atoms with E-state index in [9.17, 15) is 29.8 Å². The second-order valence-corrected chi connectivity index (χ2v) is 30.2. The molecule has 0 spiro atoms. The minimum absolute atomic E-state index is 0. The van der Waals surface area contributed by atoms with E-state index >= 15 is 0 Å². The number of nitrogens with zero attached hydrogens (tertiary/aromatic N) is 4. The summed E-state index contributed by atoms with van der Waals surface area (Å²) in [6.45, 7) is 29.0. The first-order chi connectivity index (χ1) is 47.3. The molecule has 16 heteroatoms. The van der Waals surface area contributed by atoms with Crippen molar-refractivity contribution in [2.45, 2.75) is 138 Å². The van der Waals surface area contributed by atoms with Gasteiger partial charge in [-0.2, -0.15) is 16.8 Å². The molecule has 13 nitrogen and oxygen atoms in total. The summed E-state index contributed by atoms with van der Waals surface area (Å²) in [5, 5.41) is 0. The number of hydrogen-bond donors (Lipinski definition) is 0. The minimum atomic E-state index is -4.51. The lowest BCUT2D eigenvalue weighted by Gasteiger charge is -2.28. The number of hydrogen-bond acceptors (Lipinski definition) is 12. The summed E-state index contributed by atoms with van der Waals surface area (Å²) in [6.07, 6.45) is 6.82. The number of allylic oxidation sites excluding steroid dienone is 5. The zero-order valence-electron chi connectivity index (χ0n) is 59.2. The molecule has 0 amide bonds. The van der Waals surface area contributed by atoms with Gasteiger partial charge in [0.05, 0.1) is 28.9 Å². The molecule has 0 unspecified atom stereocenters. The molecular formula is C85H100N4O9S3. The highest BCUT2D eigenvalue weighted by Crippen LogP contribution is 2.40. The highest BCUT2D eigenvalue weighted by Gasteiger charge is 2.25. The fourth-order valence-corrected chi connectivity index (χ4v) is 14.9. The van der Waals surface area contributed by atoms with Gasteiger partial charge in [-0.05, 0) is 239 Å². The van der Waals surface area contributed by atoms with Crippen molar-refractivity contribution in [1.29, 1.82) is 0 Å². The third-order valence-corrected chi connectivity index (χ3v) is 21.8. The van der Waals surface area contributed by atoms with Gasteiger partial charge in [0.1, 0.15) is 16.7 Å². The molecule has 0 fully saturated rings. The normalized spacial score (nSPS) is 13.3. The lowest BCUT2D eigenvalue weighted by atomic mass is 9.81. The van der Waals surface area contributed by atoms with E-state index in [4.69, 9.17) is 8.37 Å². The predicted molar refractivity (Wildman–Crippen MR) is 416 cm³/mol. The number of rotatable bonds is 25. The summed E-state index contributed by atoms with van der Waals surface area (Å²) in [6, 6.07) is 66.0. The Morgan fingerprint density at radius 2 is 0.881 bits per heavy atom. The summed E-state index contributed by atoms with van der Waals surface area (Å²) < 4.78 is 96.0. The first-order valence-corrected chi connectivity index (χ1v) is 37.8. The molecule has 0 saturated carbocycles. The Morgan fingerprint density at radius 3 is 1.30 bits per heavy atom. The Kier molecular flexibility index (Phi) is 27.5. The lowest BCUT2D eigenvalue weighted by Crippen LogP contribution is -2.23. The highest BCUT2D eigenvalue weighted by molar-refractivity contribution is 7.87. The van der Waals surface area contributed by atoms with Gasteiger partial charge in [0.25, 0.3) is 20.2 Å². The Hall–Kier alpha value is -9.00. The molecule has 1 aliphatic rings. The fraction of sp³-hybridized carbons (Fsp3) is 0.282. The summed E-state index contributed by atoms with van der Waals surface area (Å²) in [4.78, 5) is 6.74. The summed E-state index contributed by atoms with van der Waals surface area (Å²) in [7, 11) is -9.74. The van der Waals surface area contributed by atoms with Gasteiger partial charge in [-0.15, -0.1) is 0 Å². The first-order valence-electron chi connectivity index (χ1n) is 33.6. The maximum Gasteiger partial charge on any atom is 0.296 e. The molecule has 0 N–H and O–H groups in total. The second kappa shape index (κ2) is 35.1. The zero-order chi connectivity index (χ0) is 71.3. The Labute approximate surface area is 603 Å². The predicted octanol–water partition coefficient (Wildman–Crippen LogP) is 18.3.